The van der Waals surface area contributed by atoms with Gasteiger partial charge in [-0.2, -0.15) is 13.2 Å². The number of aromatic nitrogens is 4. The molecule has 172 valence electrons. The van der Waals surface area contributed by atoms with Crippen LogP contribution in [0.1, 0.15) is 15.9 Å². The molecule has 3 aromatic carbocycles. The number of halogens is 3. The number of amides is 2. The molecule has 1 heterocycles. The molecular formula is C22H15F3N6O3. The molecule has 0 spiro atoms. The molecule has 4 rings (SSSR count). The average molecular weight is 468 g/mol. The highest BCUT2D eigenvalue weighted by molar-refractivity contribution is 6.00. The number of carboxylic acids is 1. The fourth-order valence-electron chi connectivity index (χ4n) is 3.20. The van der Waals surface area contributed by atoms with Gasteiger partial charge in [0.25, 0.3) is 0 Å². The minimum absolute atomic E-state index is 0.0258. The molecule has 0 radical (unpaired) electrons. The van der Waals surface area contributed by atoms with Crippen LogP contribution in [0.2, 0.25) is 0 Å². The van der Waals surface area contributed by atoms with E-state index in [-0.39, 0.29) is 11.3 Å². The number of anilines is 2. The number of benzene rings is 3. The summed E-state index contributed by atoms with van der Waals surface area (Å²) in [6.07, 6.45) is -4.54. The van der Waals surface area contributed by atoms with Crippen molar-refractivity contribution >= 4 is 23.4 Å². The van der Waals surface area contributed by atoms with Crippen molar-refractivity contribution < 1.29 is 27.9 Å². The van der Waals surface area contributed by atoms with Crippen LogP contribution in [0.4, 0.5) is 29.3 Å². The van der Waals surface area contributed by atoms with E-state index in [0.29, 0.717) is 28.2 Å². The minimum atomic E-state index is -4.54. The summed E-state index contributed by atoms with van der Waals surface area (Å²) in [6.45, 7) is 0. The molecule has 4 N–H and O–H groups in total. The van der Waals surface area contributed by atoms with Crippen LogP contribution in [-0.4, -0.2) is 37.7 Å². The summed E-state index contributed by atoms with van der Waals surface area (Å²) >= 11 is 0. The molecule has 0 atom stereocenters. The van der Waals surface area contributed by atoms with E-state index in [1.54, 1.807) is 30.3 Å². The maximum absolute atomic E-state index is 12.9. The maximum Gasteiger partial charge on any atom is 0.416 e. The van der Waals surface area contributed by atoms with Crippen LogP contribution in [0, 0.1) is 0 Å². The monoisotopic (exact) mass is 468 g/mol. The predicted molar refractivity (Wildman–Crippen MR) is 116 cm³/mol. The summed E-state index contributed by atoms with van der Waals surface area (Å²) < 4.78 is 38.7. The molecule has 12 heteroatoms. The number of carbonyl (C=O) groups is 2. The summed E-state index contributed by atoms with van der Waals surface area (Å²) in [5.41, 5.74) is 1.37. The molecular weight excluding hydrogens is 453 g/mol. The number of hydrogen-bond acceptors (Lipinski definition) is 5. The Labute approximate surface area is 189 Å². The Balaban J connectivity index is 1.59. The van der Waals surface area contributed by atoms with Crippen molar-refractivity contribution in [3.05, 3.63) is 77.9 Å². The van der Waals surface area contributed by atoms with E-state index in [1.165, 1.54) is 24.3 Å². The molecule has 0 aliphatic rings. The second kappa shape index (κ2) is 9.02. The van der Waals surface area contributed by atoms with Crippen molar-refractivity contribution in [2.75, 3.05) is 10.6 Å². The van der Waals surface area contributed by atoms with E-state index in [1.807, 2.05) is 0 Å². The first kappa shape index (κ1) is 22.5. The van der Waals surface area contributed by atoms with Crippen molar-refractivity contribution in [3.8, 4) is 22.5 Å². The lowest BCUT2D eigenvalue weighted by molar-refractivity contribution is -0.137. The predicted octanol–water partition coefficient (Wildman–Crippen LogP) is 4.89. The number of carboxylic acid groups (broad SMARTS) is 1. The Kier molecular flexibility index (Phi) is 5.95. The number of alkyl halides is 3. The number of rotatable bonds is 5. The summed E-state index contributed by atoms with van der Waals surface area (Å²) in [5, 5.41) is 27.7. The molecule has 0 fully saturated rings. The first-order chi connectivity index (χ1) is 16.2. The highest BCUT2D eigenvalue weighted by Crippen LogP contribution is 2.33. The number of carbonyl (C=O) groups excluding carboxylic acids is 1. The van der Waals surface area contributed by atoms with Gasteiger partial charge in [-0.3, -0.25) is 0 Å². The standard InChI is InChI=1S/C22H15F3N6O3/c23-22(24,25)14-2-1-3-15(10-14)26-21(34)27-16-8-9-17(18(11-16)19-28-30-31-29-19)12-4-6-13(7-5-12)20(32)33/h1-11H,(H,32,33)(H2,26,27,34)(H,28,29,30,31). The lowest BCUT2D eigenvalue weighted by Gasteiger charge is -2.13. The first-order valence-electron chi connectivity index (χ1n) is 9.68. The Hall–Kier alpha value is -4.74. The smallest absolute Gasteiger partial charge is 0.416 e. The average Bonchev–Trinajstić information content (AvgIpc) is 3.33. The number of urea groups is 1. The number of nitrogens with zero attached hydrogens (tertiary/aromatic N) is 3. The van der Waals surface area contributed by atoms with Crippen LogP contribution >= 0.6 is 0 Å². The van der Waals surface area contributed by atoms with Gasteiger partial charge in [0, 0.05) is 16.9 Å². The van der Waals surface area contributed by atoms with Gasteiger partial charge in [-0.1, -0.05) is 24.3 Å². The highest BCUT2D eigenvalue weighted by atomic mass is 19.4. The van der Waals surface area contributed by atoms with Gasteiger partial charge < -0.3 is 15.7 Å². The summed E-state index contributed by atoms with van der Waals surface area (Å²) in [4.78, 5) is 23.5. The second-order valence-electron chi connectivity index (χ2n) is 7.05. The number of hydrogen-bond donors (Lipinski definition) is 4. The van der Waals surface area contributed by atoms with E-state index < -0.39 is 23.7 Å². The van der Waals surface area contributed by atoms with Crippen LogP contribution in [0.3, 0.4) is 0 Å². The van der Waals surface area contributed by atoms with E-state index in [9.17, 15) is 22.8 Å². The Morgan fingerprint density at radius 2 is 1.59 bits per heavy atom. The quantitative estimate of drug-likeness (QED) is 0.330. The summed E-state index contributed by atoms with van der Waals surface area (Å²) in [7, 11) is 0. The van der Waals surface area contributed by atoms with E-state index in [0.717, 1.165) is 12.1 Å². The maximum atomic E-state index is 12.9. The molecule has 9 nitrogen and oxygen atoms in total. The van der Waals surface area contributed by atoms with Crippen LogP contribution in [-0.2, 0) is 6.18 Å². The number of H-pyrrole nitrogens is 1. The third-order valence-electron chi connectivity index (χ3n) is 4.77. The number of aromatic carboxylic acids is 1. The van der Waals surface area contributed by atoms with Crippen molar-refractivity contribution in [1.82, 2.24) is 20.6 Å². The first-order valence-corrected chi connectivity index (χ1v) is 9.68. The van der Waals surface area contributed by atoms with E-state index in [2.05, 4.69) is 31.3 Å². The molecule has 0 saturated heterocycles. The van der Waals surface area contributed by atoms with E-state index in [4.69, 9.17) is 5.11 Å². The third kappa shape index (κ3) is 5.01. The van der Waals surface area contributed by atoms with Gasteiger partial charge in [0.05, 0.1) is 11.1 Å². The number of aromatic amines is 1. The number of nitrogens with one attached hydrogen (secondary N) is 3. The second-order valence-corrected chi connectivity index (χ2v) is 7.05. The fourth-order valence-corrected chi connectivity index (χ4v) is 3.20. The topological polar surface area (TPSA) is 133 Å². The van der Waals surface area contributed by atoms with Gasteiger partial charge in [-0.15, -0.1) is 5.10 Å². The normalized spacial score (nSPS) is 11.1. The van der Waals surface area contributed by atoms with Crippen molar-refractivity contribution in [3.63, 3.8) is 0 Å². The summed E-state index contributed by atoms with van der Waals surface area (Å²) in [6, 6.07) is 14.5. The highest BCUT2D eigenvalue weighted by Gasteiger charge is 2.30. The number of tetrazole rings is 1. The Morgan fingerprint density at radius 3 is 2.21 bits per heavy atom. The van der Waals surface area contributed by atoms with E-state index >= 15 is 0 Å². The molecule has 1 aromatic heterocycles. The minimum Gasteiger partial charge on any atom is -0.478 e. The van der Waals surface area contributed by atoms with Gasteiger partial charge in [-0.25, -0.2) is 14.7 Å². The van der Waals surface area contributed by atoms with Gasteiger partial charge >= 0.3 is 18.2 Å². The third-order valence-corrected chi connectivity index (χ3v) is 4.77. The van der Waals surface area contributed by atoms with Crippen LogP contribution < -0.4 is 10.6 Å². The molecule has 0 bridgehead atoms. The van der Waals surface area contributed by atoms with Gasteiger partial charge in [0.2, 0.25) is 0 Å². The SMILES string of the molecule is O=C(Nc1cccc(C(F)(F)F)c1)Nc1ccc(-c2ccc(C(=O)O)cc2)c(-c2nnn[nH]2)c1. The zero-order chi connectivity index (χ0) is 24.3. The molecule has 0 aliphatic heterocycles. The van der Waals surface area contributed by atoms with Gasteiger partial charge in [0.15, 0.2) is 5.82 Å². The largest absolute Gasteiger partial charge is 0.478 e. The summed E-state index contributed by atoms with van der Waals surface area (Å²) in [5.74, 6) is -0.767. The van der Waals surface area contributed by atoms with Crippen molar-refractivity contribution in [1.29, 1.82) is 0 Å². The molecule has 0 aliphatic carbocycles. The molecule has 2 amide bonds. The lowest BCUT2D eigenvalue weighted by Crippen LogP contribution is -2.20. The fraction of sp³-hybridized carbons (Fsp3) is 0.0455. The zero-order valence-electron chi connectivity index (χ0n) is 17.1. The van der Waals surface area contributed by atoms with Crippen LogP contribution in [0.15, 0.2) is 66.7 Å². The Morgan fingerprint density at radius 1 is 0.882 bits per heavy atom. The molecule has 4 aromatic rings. The van der Waals surface area contributed by atoms with Gasteiger partial charge in [-0.05, 0) is 64.0 Å². The molecule has 34 heavy (non-hydrogen) atoms. The van der Waals surface area contributed by atoms with Crippen LogP contribution in [0.25, 0.3) is 22.5 Å². The molecule has 0 unspecified atom stereocenters. The Bertz CT molecular complexity index is 1340. The lowest BCUT2D eigenvalue weighted by atomic mass is 9.97. The van der Waals surface area contributed by atoms with Crippen LogP contribution in [0.5, 0.6) is 0 Å². The van der Waals surface area contributed by atoms with Crippen molar-refractivity contribution in [2.24, 2.45) is 0 Å². The van der Waals surface area contributed by atoms with Gasteiger partial charge in [0.1, 0.15) is 0 Å². The zero-order valence-corrected chi connectivity index (χ0v) is 17.1. The molecule has 0 saturated carbocycles. The van der Waals surface area contributed by atoms with Crippen molar-refractivity contribution in [2.45, 2.75) is 6.18 Å².